The molecule has 2 aromatic carbocycles. The average Bonchev–Trinajstić information content (AvgIpc) is 2.92. The van der Waals surface area contributed by atoms with Crippen molar-refractivity contribution in [2.75, 3.05) is 0 Å². The van der Waals surface area contributed by atoms with Crippen LogP contribution in [0.2, 0.25) is 0 Å². The number of aryl methyl sites for hydroxylation is 1. The fraction of sp³-hybridized carbons (Fsp3) is 0.0588. The van der Waals surface area contributed by atoms with Crippen LogP contribution >= 0.6 is 11.3 Å². The van der Waals surface area contributed by atoms with E-state index < -0.39 is 5.91 Å². The number of carbonyl (C=O) groups is 1. The van der Waals surface area contributed by atoms with Crippen molar-refractivity contribution in [1.82, 2.24) is 5.43 Å². The molecule has 0 aliphatic rings. The molecular weight excluding hydrogens is 296 g/mol. The number of nitrogens with zero attached hydrogens (tertiary/aromatic N) is 1. The minimum atomic E-state index is -0.436. The number of rotatable bonds is 3. The highest BCUT2D eigenvalue weighted by molar-refractivity contribution is 7.11. The van der Waals surface area contributed by atoms with Gasteiger partial charge in [-0.15, -0.1) is 11.3 Å². The fourth-order valence-electron chi connectivity index (χ4n) is 2.14. The second-order valence-electron chi connectivity index (χ2n) is 4.88. The lowest BCUT2D eigenvalue weighted by molar-refractivity contribution is 0.0952. The van der Waals surface area contributed by atoms with Gasteiger partial charge in [-0.3, -0.25) is 4.79 Å². The first-order chi connectivity index (χ1) is 10.6. The fourth-order valence-corrected chi connectivity index (χ4v) is 2.92. The monoisotopic (exact) mass is 310 g/mol. The van der Waals surface area contributed by atoms with Crippen LogP contribution in [0.4, 0.5) is 0 Å². The van der Waals surface area contributed by atoms with Gasteiger partial charge in [-0.05, 0) is 46.8 Å². The van der Waals surface area contributed by atoms with Crippen LogP contribution < -0.4 is 5.43 Å². The lowest BCUT2D eigenvalue weighted by Crippen LogP contribution is -2.17. The van der Waals surface area contributed by atoms with Crippen LogP contribution in [0.1, 0.15) is 20.8 Å². The van der Waals surface area contributed by atoms with E-state index in [1.807, 2.05) is 42.6 Å². The number of thiophene rings is 1. The highest BCUT2D eigenvalue weighted by Gasteiger charge is 2.11. The van der Waals surface area contributed by atoms with E-state index >= 15 is 0 Å². The number of hydrogen-bond acceptors (Lipinski definition) is 4. The largest absolute Gasteiger partial charge is 0.507 e. The summed E-state index contributed by atoms with van der Waals surface area (Å²) in [6.07, 6.45) is 1.61. The Balaban J connectivity index is 1.81. The van der Waals surface area contributed by atoms with E-state index in [-0.39, 0.29) is 11.3 Å². The third-order valence-electron chi connectivity index (χ3n) is 3.36. The van der Waals surface area contributed by atoms with Crippen LogP contribution in [-0.4, -0.2) is 17.2 Å². The van der Waals surface area contributed by atoms with Crippen LogP contribution in [0.5, 0.6) is 5.75 Å². The molecule has 1 heterocycles. The molecule has 0 bridgehead atoms. The third-order valence-corrected chi connectivity index (χ3v) is 4.31. The van der Waals surface area contributed by atoms with Crippen molar-refractivity contribution in [3.8, 4) is 5.75 Å². The smallest absolute Gasteiger partial charge is 0.275 e. The summed E-state index contributed by atoms with van der Waals surface area (Å²) >= 11 is 1.55. The molecule has 0 unspecified atom stereocenters. The van der Waals surface area contributed by atoms with E-state index in [1.165, 1.54) is 0 Å². The van der Waals surface area contributed by atoms with Crippen LogP contribution in [0.25, 0.3) is 10.8 Å². The van der Waals surface area contributed by atoms with Crippen LogP contribution in [0.3, 0.4) is 0 Å². The lowest BCUT2D eigenvalue weighted by Gasteiger charge is -2.05. The SMILES string of the molecule is Cc1ccsc1C=NNC(=O)c1cc2ccccc2cc1O. The van der Waals surface area contributed by atoms with Gasteiger partial charge >= 0.3 is 0 Å². The number of aromatic hydroxyl groups is 1. The van der Waals surface area contributed by atoms with Crippen molar-refractivity contribution < 1.29 is 9.90 Å². The van der Waals surface area contributed by atoms with Gasteiger partial charge in [0, 0.05) is 4.88 Å². The summed E-state index contributed by atoms with van der Waals surface area (Å²) in [5, 5.41) is 17.7. The van der Waals surface area contributed by atoms with Crippen LogP contribution in [-0.2, 0) is 0 Å². The molecule has 1 amide bonds. The highest BCUT2D eigenvalue weighted by Crippen LogP contribution is 2.24. The van der Waals surface area contributed by atoms with Gasteiger partial charge in [0.25, 0.3) is 5.91 Å². The maximum atomic E-state index is 12.1. The van der Waals surface area contributed by atoms with Gasteiger partial charge in [-0.2, -0.15) is 5.10 Å². The summed E-state index contributed by atoms with van der Waals surface area (Å²) in [6, 6.07) is 12.8. The Hall–Kier alpha value is -2.66. The van der Waals surface area contributed by atoms with E-state index in [9.17, 15) is 9.90 Å². The molecule has 4 nitrogen and oxygen atoms in total. The number of phenols is 1. The number of carbonyl (C=O) groups excluding carboxylic acids is 1. The molecule has 3 rings (SSSR count). The van der Waals surface area contributed by atoms with Gasteiger partial charge in [0.15, 0.2) is 0 Å². The summed E-state index contributed by atoms with van der Waals surface area (Å²) in [6.45, 7) is 1.98. The summed E-state index contributed by atoms with van der Waals surface area (Å²) in [4.78, 5) is 13.1. The minimum absolute atomic E-state index is 0.0568. The molecule has 0 radical (unpaired) electrons. The summed E-state index contributed by atoms with van der Waals surface area (Å²) in [5.41, 5.74) is 3.76. The first-order valence-corrected chi connectivity index (χ1v) is 7.62. The van der Waals surface area contributed by atoms with Gasteiger partial charge in [0.05, 0.1) is 11.8 Å². The molecular formula is C17H14N2O2S. The normalized spacial score (nSPS) is 11.1. The second kappa shape index (κ2) is 5.99. The number of nitrogens with one attached hydrogen (secondary N) is 1. The van der Waals surface area contributed by atoms with Crippen molar-refractivity contribution >= 4 is 34.2 Å². The van der Waals surface area contributed by atoms with Crippen LogP contribution in [0.15, 0.2) is 52.9 Å². The zero-order valence-corrected chi connectivity index (χ0v) is 12.7. The van der Waals surface area contributed by atoms with E-state index in [0.717, 1.165) is 21.2 Å². The number of amides is 1. The minimum Gasteiger partial charge on any atom is -0.507 e. The molecule has 0 atom stereocenters. The summed E-state index contributed by atoms with van der Waals surface area (Å²) < 4.78 is 0. The summed E-state index contributed by atoms with van der Waals surface area (Å²) in [5.74, 6) is -0.493. The van der Waals surface area contributed by atoms with Crippen LogP contribution in [0, 0.1) is 6.92 Å². The highest BCUT2D eigenvalue weighted by atomic mass is 32.1. The second-order valence-corrected chi connectivity index (χ2v) is 5.83. The topological polar surface area (TPSA) is 61.7 Å². The van der Waals surface area contributed by atoms with Gasteiger partial charge in [-0.1, -0.05) is 24.3 Å². The molecule has 3 aromatic rings. The van der Waals surface area contributed by atoms with E-state index in [2.05, 4.69) is 10.5 Å². The van der Waals surface area contributed by atoms with E-state index in [1.54, 1.807) is 29.7 Å². The van der Waals surface area contributed by atoms with Crippen molar-refractivity contribution in [2.24, 2.45) is 5.10 Å². The maximum Gasteiger partial charge on any atom is 0.275 e. The molecule has 5 heteroatoms. The molecule has 2 N–H and O–H groups in total. The Labute approximate surface area is 131 Å². The number of benzene rings is 2. The Morgan fingerprint density at radius 3 is 2.64 bits per heavy atom. The van der Waals surface area contributed by atoms with E-state index in [0.29, 0.717) is 0 Å². The van der Waals surface area contributed by atoms with Crippen molar-refractivity contribution in [1.29, 1.82) is 0 Å². The molecule has 1 aromatic heterocycles. The Bertz CT molecular complexity index is 868. The molecule has 0 aliphatic carbocycles. The number of fused-ring (bicyclic) bond motifs is 1. The zero-order valence-electron chi connectivity index (χ0n) is 11.9. The van der Waals surface area contributed by atoms with Gasteiger partial charge in [-0.25, -0.2) is 5.43 Å². The van der Waals surface area contributed by atoms with Crippen molar-refractivity contribution in [3.05, 3.63) is 63.8 Å². The predicted octanol–water partition coefficient (Wildman–Crippen LogP) is 3.68. The van der Waals surface area contributed by atoms with Crippen molar-refractivity contribution in [2.45, 2.75) is 6.92 Å². The average molecular weight is 310 g/mol. The standard InChI is InChI=1S/C17H14N2O2S/c1-11-6-7-22-16(11)10-18-19-17(21)14-8-12-4-2-3-5-13(12)9-15(14)20/h2-10,20H,1H3,(H,19,21). The molecule has 0 saturated carbocycles. The van der Waals surface area contributed by atoms with Crippen molar-refractivity contribution in [3.63, 3.8) is 0 Å². The predicted molar refractivity (Wildman–Crippen MR) is 89.7 cm³/mol. The molecule has 0 aliphatic heterocycles. The number of hydrazone groups is 1. The lowest BCUT2D eigenvalue weighted by atomic mass is 10.1. The molecule has 0 spiro atoms. The van der Waals surface area contributed by atoms with Gasteiger partial charge in [0.1, 0.15) is 5.75 Å². The van der Waals surface area contributed by atoms with E-state index in [4.69, 9.17) is 0 Å². The Morgan fingerprint density at radius 2 is 1.95 bits per heavy atom. The first kappa shape index (κ1) is 14.3. The number of hydrogen-bond donors (Lipinski definition) is 2. The zero-order chi connectivity index (χ0) is 15.5. The first-order valence-electron chi connectivity index (χ1n) is 6.74. The molecule has 110 valence electrons. The Kier molecular flexibility index (Phi) is 3.89. The molecule has 0 saturated heterocycles. The maximum absolute atomic E-state index is 12.1. The molecule has 0 fully saturated rings. The third kappa shape index (κ3) is 2.84. The number of phenolic OH excluding ortho intramolecular Hbond substituents is 1. The summed E-state index contributed by atoms with van der Waals surface area (Å²) in [7, 11) is 0. The quantitative estimate of drug-likeness (QED) is 0.572. The van der Waals surface area contributed by atoms with Gasteiger partial charge < -0.3 is 5.11 Å². The van der Waals surface area contributed by atoms with Gasteiger partial charge in [0.2, 0.25) is 0 Å². The molecule has 22 heavy (non-hydrogen) atoms. The Morgan fingerprint density at radius 1 is 1.23 bits per heavy atom.